The normalized spacial score (nSPS) is 10.2. The predicted molar refractivity (Wildman–Crippen MR) is 92.9 cm³/mol. The number of anilines is 1. The van der Waals surface area contributed by atoms with Crippen molar-refractivity contribution < 1.29 is 9.53 Å². The molecule has 0 aliphatic heterocycles. The molecule has 7 heteroatoms. The number of para-hydroxylation sites is 3. The quantitative estimate of drug-likeness (QED) is 0.744. The fourth-order valence-corrected chi connectivity index (χ4v) is 2.19. The van der Waals surface area contributed by atoms with Crippen LogP contribution in [0.4, 0.5) is 5.69 Å². The van der Waals surface area contributed by atoms with Gasteiger partial charge in [0.15, 0.2) is 5.75 Å². The molecule has 0 aliphatic rings. The standard InChI is InChI=1S/C18H15N3O4/c22-16-10-11-21(18(24)20-16)12-17(23)19-14-8-4-5-9-15(14)25-13-6-2-1-3-7-13/h1-11H,12H2,(H,19,23)(H,20,22,24). The van der Waals surface area contributed by atoms with E-state index in [9.17, 15) is 14.4 Å². The first-order valence-corrected chi connectivity index (χ1v) is 7.53. The van der Waals surface area contributed by atoms with Gasteiger partial charge in [-0.1, -0.05) is 30.3 Å². The third-order valence-corrected chi connectivity index (χ3v) is 3.34. The van der Waals surface area contributed by atoms with Gasteiger partial charge in [-0.15, -0.1) is 0 Å². The van der Waals surface area contributed by atoms with Crippen molar-refractivity contribution in [3.8, 4) is 11.5 Å². The van der Waals surface area contributed by atoms with Crippen molar-refractivity contribution in [2.45, 2.75) is 6.54 Å². The molecular formula is C18H15N3O4. The zero-order valence-electron chi connectivity index (χ0n) is 13.1. The summed E-state index contributed by atoms with van der Waals surface area (Å²) in [5.41, 5.74) is -0.673. The number of ether oxygens (including phenoxy) is 1. The van der Waals surface area contributed by atoms with Crippen LogP contribution in [0.1, 0.15) is 0 Å². The Balaban J connectivity index is 1.75. The van der Waals surface area contributed by atoms with Crippen molar-refractivity contribution in [2.75, 3.05) is 5.32 Å². The molecule has 126 valence electrons. The molecule has 1 amide bonds. The lowest BCUT2D eigenvalue weighted by atomic mass is 10.3. The van der Waals surface area contributed by atoms with E-state index in [0.29, 0.717) is 17.2 Å². The molecule has 2 N–H and O–H groups in total. The molecule has 3 aromatic rings. The van der Waals surface area contributed by atoms with E-state index in [1.165, 1.54) is 12.3 Å². The van der Waals surface area contributed by atoms with Crippen molar-refractivity contribution in [3.05, 3.63) is 87.7 Å². The van der Waals surface area contributed by atoms with Crippen LogP contribution in [0.5, 0.6) is 11.5 Å². The summed E-state index contributed by atoms with van der Waals surface area (Å²) < 4.78 is 6.88. The number of carbonyl (C=O) groups is 1. The van der Waals surface area contributed by atoms with Gasteiger partial charge in [0.05, 0.1) is 5.69 Å². The van der Waals surface area contributed by atoms with Gasteiger partial charge < -0.3 is 10.1 Å². The van der Waals surface area contributed by atoms with Crippen LogP contribution in [0.25, 0.3) is 0 Å². The third-order valence-electron chi connectivity index (χ3n) is 3.34. The molecule has 25 heavy (non-hydrogen) atoms. The van der Waals surface area contributed by atoms with Crippen molar-refractivity contribution >= 4 is 11.6 Å². The van der Waals surface area contributed by atoms with E-state index >= 15 is 0 Å². The van der Waals surface area contributed by atoms with Gasteiger partial charge >= 0.3 is 5.69 Å². The number of nitrogens with zero attached hydrogens (tertiary/aromatic N) is 1. The fourth-order valence-electron chi connectivity index (χ4n) is 2.19. The molecule has 0 bridgehead atoms. The summed E-state index contributed by atoms with van der Waals surface area (Å²) >= 11 is 0. The van der Waals surface area contributed by atoms with E-state index in [2.05, 4.69) is 10.3 Å². The van der Waals surface area contributed by atoms with Crippen LogP contribution in [0.15, 0.2) is 76.4 Å². The molecule has 0 aliphatic carbocycles. The van der Waals surface area contributed by atoms with Gasteiger partial charge in [-0.25, -0.2) is 4.79 Å². The molecule has 3 rings (SSSR count). The maximum Gasteiger partial charge on any atom is 0.328 e. The fraction of sp³-hybridized carbons (Fsp3) is 0.0556. The lowest BCUT2D eigenvalue weighted by molar-refractivity contribution is -0.116. The summed E-state index contributed by atoms with van der Waals surface area (Å²) in [4.78, 5) is 37.0. The Bertz CT molecular complexity index is 993. The highest BCUT2D eigenvalue weighted by Crippen LogP contribution is 2.28. The molecule has 0 spiro atoms. The van der Waals surface area contributed by atoms with Gasteiger partial charge in [0.25, 0.3) is 5.56 Å². The summed E-state index contributed by atoms with van der Waals surface area (Å²) in [7, 11) is 0. The maximum absolute atomic E-state index is 12.2. The topological polar surface area (TPSA) is 93.2 Å². The Morgan fingerprint density at radius 1 is 1.00 bits per heavy atom. The second-order valence-corrected chi connectivity index (χ2v) is 5.20. The number of nitrogens with one attached hydrogen (secondary N) is 2. The van der Waals surface area contributed by atoms with Gasteiger partial charge in [-0.2, -0.15) is 0 Å². The van der Waals surface area contributed by atoms with Gasteiger partial charge in [0.2, 0.25) is 5.91 Å². The van der Waals surface area contributed by atoms with Crippen molar-refractivity contribution in [1.82, 2.24) is 9.55 Å². The van der Waals surface area contributed by atoms with Gasteiger partial charge in [-0.05, 0) is 24.3 Å². The zero-order valence-corrected chi connectivity index (χ0v) is 13.1. The number of hydrogen-bond donors (Lipinski definition) is 2. The first kappa shape index (κ1) is 16.3. The number of carbonyl (C=O) groups excluding carboxylic acids is 1. The molecule has 2 aromatic carbocycles. The Morgan fingerprint density at radius 3 is 2.48 bits per heavy atom. The van der Waals surface area contributed by atoms with Crippen molar-refractivity contribution in [2.24, 2.45) is 0 Å². The lowest BCUT2D eigenvalue weighted by Gasteiger charge is -2.12. The highest BCUT2D eigenvalue weighted by molar-refractivity contribution is 5.92. The molecule has 0 fully saturated rings. The van der Waals surface area contributed by atoms with Gasteiger partial charge in [0, 0.05) is 12.3 Å². The summed E-state index contributed by atoms with van der Waals surface area (Å²) in [5, 5.41) is 2.71. The number of aromatic nitrogens is 2. The highest BCUT2D eigenvalue weighted by Gasteiger charge is 2.10. The second-order valence-electron chi connectivity index (χ2n) is 5.20. The smallest absolute Gasteiger partial charge is 0.328 e. The summed E-state index contributed by atoms with van der Waals surface area (Å²) in [5.74, 6) is 0.704. The molecule has 0 radical (unpaired) electrons. The minimum atomic E-state index is -0.642. The Hall–Kier alpha value is -3.61. The average molecular weight is 337 g/mol. The van der Waals surface area contributed by atoms with E-state index < -0.39 is 17.2 Å². The zero-order chi connectivity index (χ0) is 17.6. The first-order valence-electron chi connectivity index (χ1n) is 7.53. The van der Waals surface area contributed by atoms with E-state index in [0.717, 1.165) is 4.57 Å². The number of amides is 1. The number of H-pyrrole nitrogens is 1. The average Bonchev–Trinajstić information content (AvgIpc) is 2.60. The van der Waals surface area contributed by atoms with E-state index in [-0.39, 0.29) is 6.54 Å². The lowest BCUT2D eigenvalue weighted by Crippen LogP contribution is -2.32. The molecule has 0 saturated heterocycles. The molecule has 1 aromatic heterocycles. The van der Waals surface area contributed by atoms with Crippen LogP contribution in [0.2, 0.25) is 0 Å². The molecule has 0 saturated carbocycles. The Morgan fingerprint density at radius 2 is 1.72 bits per heavy atom. The van der Waals surface area contributed by atoms with E-state index in [1.807, 2.05) is 18.2 Å². The van der Waals surface area contributed by atoms with E-state index in [1.54, 1.807) is 36.4 Å². The van der Waals surface area contributed by atoms with Gasteiger partial charge in [0.1, 0.15) is 12.3 Å². The maximum atomic E-state index is 12.2. The second kappa shape index (κ2) is 7.31. The minimum absolute atomic E-state index is 0.227. The summed E-state index contributed by atoms with van der Waals surface area (Å²) in [6.45, 7) is -0.227. The van der Waals surface area contributed by atoms with E-state index in [4.69, 9.17) is 4.74 Å². The summed E-state index contributed by atoms with van der Waals surface area (Å²) in [6.07, 6.45) is 1.27. The van der Waals surface area contributed by atoms with Crippen LogP contribution in [-0.2, 0) is 11.3 Å². The number of hydrogen-bond acceptors (Lipinski definition) is 4. The summed E-state index contributed by atoms with van der Waals surface area (Å²) in [6, 6.07) is 17.3. The first-order chi connectivity index (χ1) is 12.1. The third kappa shape index (κ3) is 4.23. The predicted octanol–water partition coefficient (Wildman–Crippen LogP) is 1.97. The van der Waals surface area contributed by atoms with Crippen LogP contribution in [-0.4, -0.2) is 15.5 Å². The Labute approximate surface area is 142 Å². The number of benzene rings is 2. The van der Waals surface area contributed by atoms with Crippen LogP contribution < -0.4 is 21.3 Å². The molecule has 7 nitrogen and oxygen atoms in total. The number of rotatable bonds is 5. The molecular weight excluding hydrogens is 322 g/mol. The highest BCUT2D eigenvalue weighted by atomic mass is 16.5. The molecule has 1 heterocycles. The van der Waals surface area contributed by atoms with Crippen LogP contribution in [0, 0.1) is 0 Å². The SMILES string of the molecule is O=C(Cn1ccc(=O)[nH]c1=O)Nc1ccccc1Oc1ccccc1. The van der Waals surface area contributed by atoms with Crippen molar-refractivity contribution in [1.29, 1.82) is 0 Å². The minimum Gasteiger partial charge on any atom is -0.455 e. The van der Waals surface area contributed by atoms with Crippen molar-refractivity contribution in [3.63, 3.8) is 0 Å². The van der Waals surface area contributed by atoms with Crippen LogP contribution >= 0.6 is 0 Å². The molecule has 0 unspecified atom stereocenters. The monoisotopic (exact) mass is 337 g/mol. The molecule has 0 atom stereocenters. The Kier molecular flexibility index (Phi) is 4.75. The van der Waals surface area contributed by atoms with Crippen LogP contribution in [0.3, 0.4) is 0 Å². The number of aromatic amines is 1. The largest absolute Gasteiger partial charge is 0.455 e. The van der Waals surface area contributed by atoms with Gasteiger partial charge in [-0.3, -0.25) is 19.1 Å².